The predicted octanol–water partition coefficient (Wildman–Crippen LogP) is -0.139. The van der Waals surface area contributed by atoms with E-state index in [9.17, 15) is 18.5 Å². The van der Waals surface area contributed by atoms with Crippen LogP contribution in [0.15, 0.2) is 0 Å². The lowest BCUT2D eigenvalue weighted by atomic mass is 10.3. The van der Waals surface area contributed by atoms with Crippen molar-refractivity contribution in [3.05, 3.63) is 10.1 Å². The molecule has 0 aromatic carbocycles. The van der Waals surface area contributed by atoms with E-state index in [0.717, 1.165) is 0 Å². The molecule has 0 fully saturated rings. The fourth-order valence-electron chi connectivity index (χ4n) is 0.492. The summed E-state index contributed by atoms with van der Waals surface area (Å²) in [6, 6.07) is -1.10. The van der Waals surface area contributed by atoms with Crippen molar-refractivity contribution in [2.24, 2.45) is 0 Å². The van der Waals surface area contributed by atoms with Crippen LogP contribution in [-0.2, 0) is 14.6 Å². The predicted molar refractivity (Wildman–Crippen MR) is 38.6 cm³/mol. The summed E-state index contributed by atoms with van der Waals surface area (Å²) in [5.41, 5.74) is 0. The molecule has 0 amide bonds. The summed E-state index contributed by atoms with van der Waals surface area (Å²) >= 11 is 0. The van der Waals surface area contributed by atoms with Crippen molar-refractivity contribution in [1.82, 2.24) is 0 Å². The number of rotatable bonds is 5. The minimum absolute atomic E-state index is 0.141. The van der Waals surface area contributed by atoms with E-state index in [1.807, 2.05) is 0 Å². The first-order chi connectivity index (χ1) is 5.37. The molecule has 0 aliphatic rings. The fourth-order valence-corrected chi connectivity index (χ4v) is 0.821. The van der Waals surface area contributed by atoms with Crippen molar-refractivity contribution in [3.8, 4) is 0 Å². The second-order valence-corrected chi connectivity index (χ2v) is 3.15. The summed E-state index contributed by atoms with van der Waals surface area (Å²) < 4.78 is 31.9. The van der Waals surface area contributed by atoms with E-state index in [1.54, 1.807) is 0 Å². The average molecular weight is 199 g/mol. The van der Waals surface area contributed by atoms with Gasteiger partial charge in [-0.15, -0.1) is 0 Å². The van der Waals surface area contributed by atoms with Gasteiger partial charge in [0.2, 0.25) is 6.04 Å². The fraction of sp³-hybridized carbons (Fsp3) is 1.00. The van der Waals surface area contributed by atoms with E-state index in [4.69, 9.17) is 4.55 Å². The topological polar surface area (TPSA) is 107 Å². The average Bonchev–Trinajstić information content (AvgIpc) is 1.85. The standard InChI is InChI=1S/C4H9NO6S/c1-2-4(5(6)7)3-11-12(8,9)10/h4H,2-3H2,1H3,(H,8,9,10). The van der Waals surface area contributed by atoms with E-state index in [1.165, 1.54) is 6.92 Å². The second kappa shape index (κ2) is 4.33. The minimum atomic E-state index is -4.57. The van der Waals surface area contributed by atoms with Gasteiger partial charge in [-0.3, -0.25) is 14.7 Å². The molecule has 72 valence electrons. The number of nitrogens with zero attached hydrogens (tertiary/aromatic N) is 1. The molecule has 1 N–H and O–H groups in total. The molecule has 0 bridgehead atoms. The van der Waals surface area contributed by atoms with E-state index >= 15 is 0 Å². The lowest BCUT2D eigenvalue weighted by Crippen LogP contribution is -2.26. The van der Waals surface area contributed by atoms with Crippen LogP contribution in [0.1, 0.15) is 13.3 Å². The third-order valence-corrected chi connectivity index (χ3v) is 1.61. The van der Waals surface area contributed by atoms with Gasteiger partial charge in [-0.25, -0.2) is 4.18 Å². The van der Waals surface area contributed by atoms with Crippen LogP contribution >= 0.6 is 0 Å². The highest BCUT2D eigenvalue weighted by Gasteiger charge is 2.20. The Morgan fingerprint density at radius 3 is 2.42 bits per heavy atom. The van der Waals surface area contributed by atoms with Gasteiger partial charge >= 0.3 is 10.4 Å². The molecule has 0 heterocycles. The maximum atomic E-state index is 10.1. The van der Waals surface area contributed by atoms with Gasteiger partial charge in [0.05, 0.1) is 0 Å². The zero-order chi connectivity index (χ0) is 9.78. The molecule has 1 unspecified atom stereocenters. The molecule has 12 heavy (non-hydrogen) atoms. The van der Waals surface area contributed by atoms with Gasteiger partial charge in [-0.05, 0) is 0 Å². The zero-order valence-electron chi connectivity index (χ0n) is 6.34. The first kappa shape index (κ1) is 11.3. The summed E-state index contributed by atoms with van der Waals surface area (Å²) in [6.07, 6.45) is 0.141. The van der Waals surface area contributed by atoms with Gasteiger partial charge in [0, 0.05) is 11.3 Å². The first-order valence-electron chi connectivity index (χ1n) is 3.12. The molecular weight excluding hydrogens is 190 g/mol. The molecule has 0 saturated heterocycles. The highest BCUT2D eigenvalue weighted by molar-refractivity contribution is 7.80. The number of nitro groups is 1. The third kappa shape index (κ3) is 4.99. The number of hydrogen-bond donors (Lipinski definition) is 1. The van der Waals surface area contributed by atoms with Crippen LogP contribution in [0.25, 0.3) is 0 Å². The largest absolute Gasteiger partial charge is 0.397 e. The Bertz CT molecular complexity index is 246. The van der Waals surface area contributed by atoms with Gasteiger partial charge in [0.15, 0.2) is 0 Å². The molecular formula is C4H9NO6S. The Kier molecular flexibility index (Phi) is 4.07. The van der Waals surface area contributed by atoms with Crippen LogP contribution in [0.3, 0.4) is 0 Å². The monoisotopic (exact) mass is 199 g/mol. The molecule has 0 rings (SSSR count). The normalized spacial score (nSPS) is 14.2. The van der Waals surface area contributed by atoms with Crippen LogP contribution in [0.5, 0.6) is 0 Å². The summed E-state index contributed by atoms with van der Waals surface area (Å²) in [6.45, 7) is 0.878. The smallest absolute Gasteiger partial charge is 0.264 e. The Labute approximate surface area is 69.4 Å². The SMILES string of the molecule is CCC(COS(=O)(=O)O)[N+](=O)[O-]. The van der Waals surface area contributed by atoms with Crippen molar-refractivity contribution in [2.45, 2.75) is 19.4 Å². The Morgan fingerprint density at radius 1 is 1.67 bits per heavy atom. The van der Waals surface area contributed by atoms with Gasteiger partial charge < -0.3 is 0 Å². The molecule has 0 aliphatic heterocycles. The van der Waals surface area contributed by atoms with E-state index < -0.39 is 28.0 Å². The molecule has 0 radical (unpaired) electrons. The lowest BCUT2D eigenvalue weighted by molar-refractivity contribution is -0.525. The van der Waals surface area contributed by atoms with Crippen molar-refractivity contribution in [3.63, 3.8) is 0 Å². The highest BCUT2D eigenvalue weighted by atomic mass is 32.3. The van der Waals surface area contributed by atoms with Gasteiger partial charge in [-0.1, -0.05) is 6.92 Å². The molecule has 7 nitrogen and oxygen atoms in total. The Hall–Kier alpha value is -0.730. The summed E-state index contributed by atoms with van der Waals surface area (Å²) in [4.78, 5) is 9.43. The van der Waals surface area contributed by atoms with Gasteiger partial charge in [0.25, 0.3) is 0 Å². The molecule has 8 heteroatoms. The van der Waals surface area contributed by atoms with E-state index in [0.29, 0.717) is 0 Å². The van der Waals surface area contributed by atoms with Gasteiger partial charge in [0.1, 0.15) is 6.61 Å². The van der Waals surface area contributed by atoms with E-state index in [2.05, 4.69) is 4.18 Å². The van der Waals surface area contributed by atoms with E-state index in [-0.39, 0.29) is 6.42 Å². The maximum Gasteiger partial charge on any atom is 0.397 e. The maximum absolute atomic E-state index is 10.1. The van der Waals surface area contributed by atoms with Crippen molar-refractivity contribution >= 4 is 10.4 Å². The zero-order valence-corrected chi connectivity index (χ0v) is 7.15. The molecule has 0 spiro atoms. The molecule has 0 saturated carbocycles. The van der Waals surface area contributed by atoms with Crippen molar-refractivity contribution in [2.75, 3.05) is 6.61 Å². The van der Waals surface area contributed by atoms with Crippen molar-refractivity contribution < 1.29 is 22.1 Å². The quantitative estimate of drug-likeness (QED) is 0.375. The third-order valence-electron chi connectivity index (χ3n) is 1.18. The summed E-state index contributed by atoms with van der Waals surface area (Å²) in [7, 11) is -4.57. The summed E-state index contributed by atoms with van der Waals surface area (Å²) in [5, 5.41) is 10.1. The molecule has 0 aromatic heterocycles. The molecule has 0 aliphatic carbocycles. The van der Waals surface area contributed by atoms with Crippen molar-refractivity contribution in [1.29, 1.82) is 0 Å². The van der Waals surface area contributed by atoms with Crippen LogP contribution in [-0.4, -0.2) is 30.5 Å². The van der Waals surface area contributed by atoms with Crippen LogP contribution in [0.4, 0.5) is 0 Å². The first-order valence-corrected chi connectivity index (χ1v) is 4.48. The van der Waals surface area contributed by atoms with Crippen LogP contribution in [0.2, 0.25) is 0 Å². The Morgan fingerprint density at radius 2 is 2.17 bits per heavy atom. The highest BCUT2D eigenvalue weighted by Crippen LogP contribution is 1.99. The lowest BCUT2D eigenvalue weighted by Gasteiger charge is -2.04. The van der Waals surface area contributed by atoms with Crippen LogP contribution < -0.4 is 0 Å². The second-order valence-electron chi connectivity index (χ2n) is 2.06. The summed E-state index contributed by atoms with van der Waals surface area (Å²) in [5.74, 6) is 0. The van der Waals surface area contributed by atoms with Crippen LogP contribution in [0, 0.1) is 10.1 Å². The van der Waals surface area contributed by atoms with Gasteiger partial charge in [-0.2, -0.15) is 8.42 Å². The minimum Gasteiger partial charge on any atom is -0.264 e. The number of hydrogen-bond acceptors (Lipinski definition) is 5. The Balaban J connectivity index is 3.98. The molecule has 0 aromatic rings. The molecule has 1 atom stereocenters.